The molecule has 0 bridgehead atoms. The van der Waals surface area contributed by atoms with Gasteiger partial charge in [-0.1, -0.05) is 9.59 Å². The lowest BCUT2D eigenvalue weighted by atomic mass is 10.1. The van der Waals surface area contributed by atoms with Crippen molar-refractivity contribution in [1.29, 1.82) is 0 Å². The summed E-state index contributed by atoms with van der Waals surface area (Å²) in [5.41, 5.74) is 0. The first kappa shape index (κ1) is 9.97. The normalized spacial score (nSPS) is 20.7. The van der Waals surface area contributed by atoms with E-state index in [1.54, 1.807) is 0 Å². The minimum absolute atomic E-state index is 0.149. The van der Waals surface area contributed by atoms with Crippen molar-refractivity contribution in [2.45, 2.75) is 6.42 Å². The fraction of sp³-hybridized carbons (Fsp3) is 0.571. The first-order valence-electron chi connectivity index (χ1n) is 4.25. The van der Waals surface area contributed by atoms with E-state index in [-0.39, 0.29) is 18.3 Å². The molecule has 1 saturated heterocycles. The van der Waals surface area contributed by atoms with Crippen LogP contribution in [0.3, 0.4) is 0 Å². The Morgan fingerprint density at radius 2 is 2.47 bits per heavy atom. The van der Waals surface area contributed by atoms with Crippen molar-refractivity contribution in [3.63, 3.8) is 0 Å². The standard InChI is InChI=1S/C7H8N4O3S/c1-14-6(13)4-2-5(12)11(3-4)7-8-9-10-15-7/h4H,2-3H2,1H3. The van der Waals surface area contributed by atoms with Crippen LogP contribution in [0.2, 0.25) is 0 Å². The minimum Gasteiger partial charge on any atom is -0.469 e. The second-order valence-electron chi connectivity index (χ2n) is 3.07. The highest BCUT2D eigenvalue weighted by Crippen LogP contribution is 2.25. The topological polar surface area (TPSA) is 85.3 Å². The zero-order valence-electron chi connectivity index (χ0n) is 7.91. The number of rotatable bonds is 2. The van der Waals surface area contributed by atoms with Gasteiger partial charge in [0.2, 0.25) is 11.0 Å². The molecule has 80 valence electrons. The number of hydrogen-bond acceptors (Lipinski definition) is 7. The third-order valence-corrected chi connectivity index (χ3v) is 2.80. The molecule has 1 aromatic rings. The van der Waals surface area contributed by atoms with Gasteiger partial charge in [0.05, 0.1) is 13.0 Å². The fourth-order valence-electron chi connectivity index (χ4n) is 1.45. The quantitative estimate of drug-likeness (QED) is 0.632. The van der Waals surface area contributed by atoms with Gasteiger partial charge in [0.25, 0.3) is 0 Å². The van der Waals surface area contributed by atoms with E-state index in [2.05, 4.69) is 19.5 Å². The Labute approximate surface area is 89.2 Å². The third-order valence-electron chi connectivity index (χ3n) is 2.18. The predicted molar refractivity (Wildman–Crippen MR) is 50.2 cm³/mol. The van der Waals surface area contributed by atoms with Gasteiger partial charge in [-0.05, 0) is 5.21 Å². The molecule has 7 nitrogen and oxygen atoms in total. The van der Waals surface area contributed by atoms with E-state index in [0.29, 0.717) is 11.7 Å². The lowest BCUT2D eigenvalue weighted by Gasteiger charge is -2.10. The Balaban J connectivity index is 2.11. The molecule has 8 heteroatoms. The summed E-state index contributed by atoms with van der Waals surface area (Å²) in [4.78, 5) is 24.2. The summed E-state index contributed by atoms with van der Waals surface area (Å²) in [7, 11) is 1.31. The van der Waals surface area contributed by atoms with Gasteiger partial charge < -0.3 is 4.74 Å². The first-order chi connectivity index (χ1) is 7.22. The summed E-state index contributed by atoms with van der Waals surface area (Å²) in [5.74, 6) is -0.932. The van der Waals surface area contributed by atoms with E-state index in [1.807, 2.05) is 0 Å². The van der Waals surface area contributed by atoms with Crippen molar-refractivity contribution >= 4 is 28.5 Å². The average molecular weight is 228 g/mol. The summed E-state index contributed by atoms with van der Waals surface area (Å²) >= 11 is 1.03. The molecule has 0 aromatic carbocycles. The van der Waals surface area contributed by atoms with Gasteiger partial charge in [-0.15, -0.1) is 0 Å². The number of nitrogens with zero attached hydrogens (tertiary/aromatic N) is 4. The van der Waals surface area contributed by atoms with Crippen LogP contribution in [0.15, 0.2) is 0 Å². The molecule has 1 aliphatic rings. The van der Waals surface area contributed by atoms with Crippen molar-refractivity contribution < 1.29 is 14.3 Å². The Kier molecular flexibility index (Phi) is 2.58. The Hall–Kier alpha value is -1.57. The molecule has 1 atom stereocenters. The summed E-state index contributed by atoms with van der Waals surface area (Å²) < 4.78 is 8.14. The fourth-order valence-corrected chi connectivity index (χ4v) is 1.94. The predicted octanol–water partition coefficient (Wildman–Crippen LogP) is -0.541. The van der Waals surface area contributed by atoms with E-state index >= 15 is 0 Å². The summed E-state index contributed by atoms with van der Waals surface area (Å²) in [5, 5.41) is 7.50. The molecule has 1 aliphatic heterocycles. The number of hydrogen-bond donors (Lipinski definition) is 0. The molecule has 1 aromatic heterocycles. The Morgan fingerprint density at radius 1 is 1.67 bits per heavy atom. The smallest absolute Gasteiger partial charge is 0.311 e. The maximum Gasteiger partial charge on any atom is 0.311 e. The summed E-state index contributed by atoms with van der Waals surface area (Å²) in [6.45, 7) is 0.294. The number of aromatic nitrogens is 3. The van der Waals surface area contributed by atoms with Crippen molar-refractivity contribution in [3.8, 4) is 0 Å². The highest BCUT2D eigenvalue weighted by molar-refractivity contribution is 7.09. The zero-order chi connectivity index (χ0) is 10.8. The molecule has 2 heterocycles. The van der Waals surface area contributed by atoms with Gasteiger partial charge >= 0.3 is 5.97 Å². The van der Waals surface area contributed by atoms with Crippen LogP contribution in [0.1, 0.15) is 6.42 Å². The minimum atomic E-state index is -0.411. The molecule has 15 heavy (non-hydrogen) atoms. The van der Waals surface area contributed by atoms with Crippen LogP contribution in [0.25, 0.3) is 0 Å². The maximum atomic E-state index is 11.5. The van der Waals surface area contributed by atoms with Crippen molar-refractivity contribution in [2.75, 3.05) is 18.6 Å². The van der Waals surface area contributed by atoms with E-state index in [4.69, 9.17) is 0 Å². The van der Waals surface area contributed by atoms with Crippen LogP contribution in [-0.4, -0.2) is 40.3 Å². The van der Waals surface area contributed by atoms with E-state index in [1.165, 1.54) is 12.0 Å². The van der Waals surface area contributed by atoms with Gasteiger partial charge in [0.1, 0.15) is 0 Å². The highest BCUT2D eigenvalue weighted by Gasteiger charge is 2.37. The van der Waals surface area contributed by atoms with Crippen LogP contribution in [0, 0.1) is 5.92 Å². The van der Waals surface area contributed by atoms with Gasteiger partial charge in [0.15, 0.2) is 0 Å². The number of anilines is 1. The summed E-state index contributed by atoms with van der Waals surface area (Å²) in [6.07, 6.45) is 0.159. The molecule has 0 radical (unpaired) electrons. The van der Waals surface area contributed by atoms with Crippen LogP contribution in [0.5, 0.6) is 0 Å². The molecule has 1 fully saturated rings. The second-order valence-corrected chi connectivity index (χ2v) is 3.78. The van der Waals surface area contributed by atoms with E-state index < -0.39 is 5.92 Å². The van der Waals surface area contributed by atoms with Crippen LogP contribution < -0.4 is 4.90 Å². The van der Waals surface area contributed by atoms with Crippen LogP contribution in [-0.2, 0) is 14.3 Å². The molecule has 0 N–H and O–H groups in total. The SMILES string of the molecule is COC(=O)C1CC(=O)N(c2nnns2)C1. The number of amides is 1. The Bertz CT molecular complexity index is 380. The number of carbonyl (C=O) groups excluding carboxylic acids is 2. The second kappa shape index (κ2) is 3.89. The molecular formula is C7H8N4O3S. The third kappa shape index (κ3) is 1.80. The van der Waals surface area contributed by atoms with Crippen LogP contribution >= 0.6 is 11.5 Å². The average Bonchev–Trinajstić information content (AvgIpc) is 2.84. The van der Waals surface area contributed by atoms with Crippen molar-refractivity contribution in [3.05, 3.63) is 0 Å². The van der Waals surface area contributed by atoms with Gasteiger partial charge in [0, 0.05) is 24.5 Å². The molecule has 0 saturated carbocycles. The maximum absolute atomic E-state index is 11.5. The van der Waals surface area contributed by atoms with E-state index in [9.17, 15) is 9.59 Å². The molecular weight excluding hydrogens is 220 g/mol. The largest absolute Gasteiger partial charge is 0.469 e. The molecule has 1 amide bonds. The molecule has 2 rings (SSSR count). The monoisotopic (exact) mass is 228 g/mol. The van der Waals surface area contributed by atoms with Gasteiger partial charge in [-0.2, -0.15) is 0 Å². The lowest BCUT2D eigenvalue weighted by molar-refractivity contribution is -0.145. The van der Waals surface area contributed by atoms with Crippen LogP contribution in [0.4, 0.5) is 5.13 Å². The van der Waals surface area contributed by atoms with Crippen molar-refractivity contribution in [1.82, 2.24) is 14.8 Å². The number of ether oxygens (including phenoxy) is 1. The number of methoxy groups -OCH3 is 1. The van der Waals surface area contributed by atoms with E-state index in [0.717, 1.165) is 11.5 Å². The Morgan fingerprint density at radius 3 is 3.07 bits per heavy atom. The number of carbonyl (C=O) groups is 2. The molecule has 0 spiro atoms. The van der Waals surface area contributed by atoms with Gasteiger partial charge in [-0.25, -0.2) is 0 Å². The highest BCUT2D eigenvalue weighted by atomic mass is 32.1. The number of esters is 1. The summed E-state index contributed by atoms with van der Waals surface area (Å²) in [6, 6.07) is 0. The zero-order valence-corrected chi connectivity index (χ0v) is 8.73. The lowest BCUT2D eigenvalue weighted by Crippen LogP contribution is -2.26. The van der Waals surface area contributed by atoms with Gasteiger partial charge in [-0.3, -0.25) is 14.5 Å². The first-order valence-corrected chi connectivity index (χ1v) is 5.03. The van der Waals surface area contributed by atoms with Crippen molar-refractivity contribution in [2.24, 2.45) is 5.92 Å². The molecule has 0 aliphatic carbocycles. The molecule has 1 unspecified atom stereocenters.